The van der Waals surface area contributed by atoms with E-state index in [0.29, 0.717) is 35.2 Å². The molecule has 1 aromatic heterocycles. The molecule has 0 unspecified atom stereocenters. The van der Waals surface area contributed by atoms with Crippen molar-refractivity contribution in [1.29, 1.82) is 0 Å². The summed E-state index contributed by atoms with van der Waals surface area (Å²) >= 11 is 12.3. The zero-order valence-corrected chi connectivity index (χ0v) is 20.2. The molecule has 178 valence electrons. The van der Waals surface area contributed by atoms with Crippen molar-refractivity contribution in [3.8, 4) is 28.3 Å². The van der Waals surface area contributed by atoms with E-state index in [4.69, 9.17) is 27.9 Å². The zero-order valence-electron chi connectivity index (χ0n) is 18.7. The van der Waals surface area contributed by atoms with E-state index in [-0.39, 0.29) is 22.5 Å². The molecule has 0 amide bonds. The Hall–Kier alpha value is -3.35. The Balaban J connectivity index is 1.51. The molecule has 1 aliphatic heterocycles. The van der Waals surface area contributed by atoms with Crippen LogP contribution in [0.5, 0.6) is 11.5 Å². The first kappa shape index (κ1) is 23.4. The monoisotopic (exact) mass is 509 g/mol. The van der Waals surface area contributed by atoms with Gasteiger partial charge in [-0.2, -0.15) is 9.78 Å². The summed E-state index contributed by atoms with van der Waals surface area (Å²) in [6.45, 7) is 1.42. The molecule has 35 heavy (non-hydrogen) atoms. The van der Waals surface area contributed by atoms with Gasteiger partial charge < -0.3 is 9.64 Å². The van der Waals surface area contributed by atoms with Crippen molar-refractivity contribution in [3.05, 3.63) is 100 Å². The quantitative estimate of drug-likeness (QED) is 0.281. The Bertz CT molecular complexity index is 1370. The summed E-state index contributed by atoms with van der Waals surface area (Å²) in [4.78, 5) is 15.6. The summed E-state index contributed by atoms with van der Waals surface area (Å²) in [6.07, 6.45) is 3.29. The molecular weight excluding hydrogens is 488 g/mol. The van der Waals surface area contributed by atoms with Crippen LogP contribution < -0.4 is 15.2 Å². The average Bonchev–Trinajstić information content (AvgIpc) is 2.87. The highest BCUT2D eigenvalue weighted by Crippen LogP contribution is 2.32. The number of ether oxygens (including phenoxy) is 1. The molecule has 1 aliphatic rings. The van der Waals surface area contributed by atoms with Crippen molar-refractivity contribution < 1.29 is 9.13 Å². The van der Waals surface area contributed by atoms with Crippen LogP contribution in [0.3, 0.4) is 0 Å². The molecule has 4 aromatic rings. The van der Waals surface area contributed by atoms with Crippen molar-refractivity contribution in [2.75, 3.05) is 18.0 Å². The number of anilines is 1. The van der Waals surface area contributed by atoms with Crippen LogP contribution in [0.25, 0.3) is 16.8 Å². The summed E-state index contributed by atoms with van der Waals surface area (Å²) in [5, 5.41) is 5.10. The van der Waals surface area contributed by atoms with Crippen molar-refractivity contribution in [1.82, 2.24) is 9.78 Å². The molecule has 3 aromatic carbocycles. The summed E-state index contributed by atoms with van der Waals surface area (Å²) in [7, 11) is 0. The molecule has 1 fully saturated rings. The molecule has 5 rings (SSSR count). The maximum Gasteiger partial charge on any atom is 0.316 e. The third-order valence-electron chi connectivity index (χ3n) is 6.00. The van der Waals surface area contributed by atoms with Crippen molar-refractivity contribution in [3.63, 3.8) is 0 Å². The van der Waals surface area contributed by atoms with Gasteiger partial charge in [-0.15, -0.1) is 11.6 Å². The largest absolute Gasteiger partial charge is 0.449 e. The predicted octanol–water partition coefficient (Wildman–Crippen LogP) is 6.69. The number of piperidine rings is 1. The SMILES string of the molecule is O=c1c(Oc2ccc(-c3ccc(F)cc3)cc2)c(N2CCC(Cl)CC2)cnn1-c1ccc(Cl)cc1. The van der Waals surface area contributed by atoms with Gasteiger partial charge in [-0.3, -0.25) is 4.79 Å². The lowest BCUT2D eigenvalue weighted by molar-refractivity contribution is 0.462. The van der Waals surface area contributed by atoms with E-state index in [1.807, 2.05) is 12.1 Å². The molecule has 0 spiro atoms. The second-order valence-corrected chi connectivity index (χ2v) is 9.40. The van der Waals surface area contributed by atoms with E-state index < -0.39 is 0 Å². The van der Waals surface area contributed by atoms with Gasteiger partial charge in [0.25, 0.3) is 0 Å². The first-order valence-electron chi connectivity index (χ1n) is 11.3. The summed E-state index contributed by atoms with van der Waals surface area (Å²) in [6, 6.07) is 20.5. The molecule has 0 aliphatic carbocycles. The molecule has 2 heterocycles. The molecule has 1 saturated heterocycles. The molecule has 0 atom stereocenters. The van der Waals surface area contributed by atoms with Gasteiger partial charge in [-0.25, -0.2) is 4.39 Å². The number of nitrogens with zero attached hydrogens (tertiary/aromatic N) is 3. The number of hydrogen-bond donors (Lipinski definition) is 0. The molecule has 5 nitrogen and oxygen atoms in total. The van der Waals surface area contributed by atoms with Crippen LogP contribution in [0.2, 0.25) is 5.02 Å². The van der Waals surface area contributed by atoms with Gasteiger partial charge in [0, 0.05) is 23.5 Å². The normalized spacial score (nSPS) is 14.2. The second kappa shape index (κ2) is 10.1. The Kier molecular flexibility index (Phi) is 6.75. The Morgan fingerprint density at radius 2 is 1.49 bits per heavy atom. The Morgan fingerprint density at radius 1 is 0.886 bits per heavy atom. The van der Waals surface area contributed by atoms with E-state index in [1.54, 1.807) is 54.7 Å². The van der Waals surface area contributed by atoms with Crippen LogP contribution in [0, 0.1) is 5.82 Å². The minimum atomic E-state index is -0.375. The topological polar surface area (TPSA) is 47.4 Å². The number of halogens is 3. The van der Waals surface area contributed by atoms with Gasteiger partial charge >= 0.3 is 5.56 Å². The fraction of sp³-hybridized carbons (Fsp3) is 0.185. The van der Waals surface area contributed by atoms with Crippen molar-refractivity contribution >= 4 is 28.9 Å². The average molecular weight is 510 g/mol. The lowest BCUT2D eigenvalue weighted by atomic mass is 10.1. The highest BCUT2D eigenvalue weighted by atomic mass is 35.5. The third kappa shape index (κ3) is 5.19. The molecule has 8 heteroatoms. The maximum atomic E-state index is 13.6. The third-order valence-corrected chi connectivity index (χ3v) is 6.69. The molecular formula is C27H22Cl2FN3O2. The van der Waals surface area contributed by atoms with Crippen LogP contribution in [0.4, 0.5) is 10.1 Å². The number of rotatable bonds is 5. The first-order valence-corrected chi connectivity index (χ1v) is 12.1. The highest BCUT2D eigenvalue weighted by Gasteiger charge is 2.24. The van der Waals surface area contributed by atoms with Gasteiger partial charge in [0.05, 0.1) is 11.9 Å². The summed E-state index contributed by atoms with van der Waals surface area (Å²) in [5.41, 5.74) is 2.64. The van der Waals surface area contributed by atoms with E-state index in [9.17, 15) is 9.18 Å². The molecule has 0 N–H and O–H groups in total. The van der Waals surface area contributed by atoms with Crippen LogP contribution in [0.1, 0.15) is 12.8 Å². The standard InChI is InChI=1S/C27H22Cl2FN3O2/c28-20-5-9-23(10-6-20)33-27(34)26(25(17-31-33)32-15-13-21(29)14-16-32)35-24-11-3-19(4-12-24)18-1-7-22(30)8-2-18/h1-12,17,21H,13-16H2. The van der Waals surface area contributed by atoms with E-state index in [1.165, 1.54) is 16.8 Å². The maximum absolute atomic E-state index is 13.6. The molecule has 0 radical (unpaired) electrons. The van der Waals surface area contributed by atoms with E-state index in [0.717, 1.165) is 24.0 Å². The minimum absolute atomic E-state index is 0.122. The van der Waals surface area contributed by atoms with Crippen LogP contribution in [-0.2, 0) is 0 Å². The lowest BCUT2D eigenvalue weighted by Gasteiger charge is -2.31. The number of aromatic nitrogens is 2. The molecule has 0 saturated carbocycles. The smallest absolute Gasteiger partial charge is 0.316 e. The van der Waals surface area contributed by atoms with E-state index >= 15 is 0 Å². The van der Waals surface area contributed by atoms with Crippen molar-refractivity contribution in [2.24, 2.45) is 0 Å². The number of hydrogen-bond acceptors (Lipinski definition) is 4. The van der Waals surface area contributed by atoms with E-state index in [2.05, 4.69) is 10.00 Å². The predicted molar refractivity (Wildman–Crippen MR) is 138 cm³/mol. The lowest BCUT2D eigenvalue weighted by Crippen LogP contribution is -2.36. The summed E-state index contributed by atoms with van der Waals surface area (Å²) in [5.74, 6) is 0.418. The van der Waals surface area contributed by atoms with Gasteiger partial charge in [0.2, 0.25) is 5.75 Å². The van der Waals surface area contributed by atoms with Gasteiger partial charge in [0.15, 0.2) is 0 Å². The number of benzene rings is 3. The van der Waals surface area contributed by atoms with Crippen LogP contribution in [-0.4, -0.2) is 28.2 Å². The minimum Gasteiger partial charge on any atom is -0.449 e. The fourth-order valence-electron chi connectivity index (χ4n) is 4.08. The first-order chi connectivity index (χ1) is 17.0. The second-order valence-electron chi connectivity index (χ2n) is 8.35. The van der Waals surface area contributed by atoms with Gasteiger partial charge in [-0.1, -0.05) is 35.9 Å². The van der Waals surface area contributed by atoms with Gasteiger partial charge in [0.1, 0.15) is 17.3 Å². The van der Waals surface area contributed by atoms with Gasteiger partial charge in [-0.05, 0) is 72.5 Å². The van der Waals surface area contributed by atoms with Crippen LogP contribution >= 0.6 is 23.2 Å². The summed E-state index contributed by atoms with van der Waals surface area (Å²) < 4.78 is 20.7. The van der Waals surface area contributed by atoms with Crippen molar-refractivity contribution in [2.45, 2.75) is 18.2 Å². The zero-order chi connectivity index (χ0) is 24.4. The Morgan fingerprint density at radius 3 is 2.11 bits per heavy atom. The molecule has 0 bridgehead atoms. The van der Waals surface area contributed by atoms with Crippen LogP contribution in [0.15, 0.2) is 83.8 Å². The fourth-order valence-corrected chi connectivity index (χ4v) is 4.40. The highest BCUT2D eigenvalue weighted by molar-refractivity contribution is 6.30. The Labute approximate surface area is 212 Å². The number of alkyl halides is 1.